The van der Waals surface area contributed by atoms with E-state index in [4.69, 9.17) is 0 Å². The minimum Gasteiger partial charge on any atom is -0.303 e. The predicted octanol–water partition coefficient (Wildman–Crippen LogP) is 1.97. The third-order valence-electron chi connectivity index (χ3n) is 1.96. The summed E-state index contributed by atoms with van der Waals surface area (Å²) in [5.74, 6) is -0.184. The summed E-state index contributed by atoms with van der Waals surface area (Å²) in [4.78, 5) is 20.6. The molecule has 1 aromatic rings. The molecule has 0 aromatic heterocycles. The van der Waals surface area contributed by atoms with E-state index in [0.29, 0.717) is 12.0 Å². The van der Waals surface area contributed by atoms with Crippen molar-refractivity contribution >= 4 is 12.0 Å². The summed E-state index contributed by atoms with van der Waals surface area (Å²) >= 11 is 0. The zero-order valence-electron chi connectivity index (χ0n) is 7.84. The smallest absolute Gasteiger partial charge is 0.272 e. The van der Waals surface area contributed by atoms with Crippen molar-refractivity contribution in [1.29, 1.82) is 0 Å². The van der Waals surface area contributed by atoms with E-state index in [1.165, 1.54) is 6.07 Å². The second-order valence-corrected chi connectivity index (χ2v) is 3.20. The lowest BCUT2D eigenvalue weighted by molar-refractivity contribution is -0.385. The van der Waals surface area contributed by atoms with E-state index in [0.717, 1.165) is 6.29 Å². The van der Waals surface area contributed by atoms with Crippen molar-refractivity contribution in [3.05, 3.63) is 39.9 Å². The molecular formula is C10H11NO3. The Bertz CT molecular complexity index is 349. The van der Waals surface area contributed by atoms with Gasteiger partial charge < -0.3 is 4.79 Å². The van der Waals surface area contributed by atoms with Crippen molar-refractivity contribution in [2.45, 2.75) is 13.3 Å². The maximum atomic E-state index is 10.6. The van der Waals surface area contributed by atoms with Crippen LogP contribution in [-0.4, -0.2) is 11.2 Å². The van der Waals surface area contributed by atoms with E-state index >= 15 is 0 Å². The Morgan fingerprint density at radius 3 is 2.71 bits per heavy atom. The minimum absolute atomic E-state index is 0.0844. The number of nitro benzene ring substituents is 1. The van der Waals surface area contributed by atoms with Crippen LogP contribution in [-0.2, 0) is 11.2 Å². The highest BCUT2D eigenvalue weighted by Crippen LogP contribution is 2.20. The number of para-hydroxylation sites is 1. The molecule has 0 spiro atoms. The Kier molecular flexibility index (Phi) is 3.34. The molecule has 0 N–H and O–H groups in total. The molecule has 0 saturated carbocycles. The molecule has 0 fully saturated rings. The molecule has 0 aliphatic heterocycles. The summed E-state index contributed by atoms with van der Waals surface area (Å²) in [6.07, 6.45) is 1.22. The standard InChI is InChI=1S/C10H11NO3/c1-8(7-12)6-9-4-2-3-5-10(9)11(13)14/h2-5,7-8H,6H2,1H3. The molecule has 1 unspecified atom stereocenters. The number of carbonyl (C=O) groups excluding carboxylic acids is 1. The van der Waals surface area contributed by atoms with Gasteiger partial charge in [0.2, 0.25) is 0 Å². The Morgan fingerprint density at radius 1 is 1.50 bits per heavy atom. The van der Waals surface area contributed by atoms with Crippen LogP contribution in [0.25, 0.3) is 0 Å². The van der Waals surface area contributed by atoms with Crippen molar-refractivity contribution < 1.29 is 9.72 Å². The Labute approximate surface area is 81.7 Å². The lowest BCUT2D eigenvalue weighted by Crippen LogP contribution is -2.03. The first-order valence-corrected chi connectivity index (χ1v) is 4.32. The number of nitro groups is 1. The van der Waals surface area contributed by atoms with Gasteiger partial charge in [-0.1, -0.05) is 25.1 Å². The van der Waals surface area contributed by atoms with Gasteiger partial charge in [0.25, 0.3) is 5.69 Å². The summed E-state index contributed by atoms with van der Waals surface area (Å²) in [6.45, 7) is 1.74. The number of benzene rings is 1. The number of carbonyl (C=O) groups is 1. The van der Waals surface area contributed by atoms with Gasteiger partial charge in [-0.25, -0.2) is 0 Å². The number of nitrogens with zero attached hydrogens (tertiary/aromatic N) is 1. The number of rotatable bonds is 4. The molecule has 0 aliphatic carbocycles. The second-order valence-electron chi connectivity index (χ2n) is 3.20. The second kappa shape index (κ2) is 4.50. The molecule has 0 bridgehead atoms. The van der Waals surface area contributed by atoms with Gasteiger partial charge in [-0.2, -0.15) is 0 Å². The fourth-order valence-electron chi connectivity index (χ4n) is 1.26. The SMILES string of the molecule is CC(C=O)Cc1ccccc1[N+](=O)[O-]. The van der Waals surface area contributed by atoms with Crippen molar-refractivity contribution in [2.24, 2.45) is 5.92 Å². The molecule has 1 aromatic carbocycles. The van der Waals surface area contributed by atoms with E-state index in [1.54, 1.807) is 25.1 Å². The minimum atomic E-state index is -0.424. The summed E-state index contributed by atoms with van der Waals surface area (Å²) in [6, 6.07) is 6.48. The number of hydrogen-bond acceptors (Lipinski definition) is 3. The van der Waals surface area contributed by atoms with Gasteiger partial charge in [0.05, 0.1) is 4.92 Å². The van der Waals surface area contributed by atoms with Crippen molar-refractivity contribution in [1.82, 2.24) is 0 Å². The van der Waals surface area contributed by atoms with E-state index < -0.39 is 4.92 Å². The summed E-state index contributed by atoms with van der Waals surface area (Å²) in [7, 11) is 0. The van der Waals surface area contributed by atoms with Crippen LogP contribution in [0.1, 0.15) is 12.5 Å². The van der Waals surface area contributed by atoms with Gasteiger partial charge in [0, 0.05) is 17.5 Å². The third kappa shape index (κ3) is 2.39. The van der Waals surface area contributed by atoms with Crippen LogP contribution in [0, 0.1) is 16.0 Å². The first-order chi connectivity index (χ1) is 6.65. The number of aldehydes is 1. The quantitative estimate of drug-likeness (QED) is 0.417. The maximum Gasteiger partial charge on any atom is 0.272 e. The lowest BCUT2D eigenvalue weighted by Gasteiger charge is -2.03. The molecule has 0 saturated heterocycles. The van der Waals surface area contributed by atoms with Crippen LogP contribution < -0.4 is 0 Å². The summed E-state index contributed by atoms with van der Waals surface area (Å²) in [5.41, 5.74) is 0.693. The Balaban J connectivity index is 2.95. The van der Waals surface area contributed by atoms with Gasteiger partial charge in [0.15, 0.2) is 0 Å². The van der Waals surface area contributed by atoms with Crippen molar-refractivity contribution in [2.75, 3.05) is 0 Å². The normalized spacial score (nSPS) is 12.1. The highest BCUT2D eigenvalue weighted by atomic mass is 16.6. The summed E-state index contributed by atoms with van der Waals surface area (Å²) in [5, 5.41) is 10.6. The van der Waals surface area contributed by atoms with Crippen LogP contribution in [0.2, 0.25) is 0 Å². The summed E-state index contributed by atoms with van der Waals surface area (Å²) < 4.78 is 0. The average Bonchev–Trinajstić information content (AvgIpc) is 2.18. The monoisotopic (exact) mass is 193 g/mol. The number of hydrogen-bond donors (Lipinski definition) is 0. The van der Waals surface area contributed by atoms with Crippen LogP contribution in [0.5, 0.6) is 0 Å². The molecule has 4 heteroatoms. The van der Waals surface area contributed by atoms with Crippen molar-refractivity contribution in [3.63, 3.8) is 0 Å². The zero-order chi connectivity index (χ0) is 10.6. The van der Waals surface area contributed by atoms with Crippen LogP contribution in [0.3, 0.4) is 0 Å². The molecule has 1 atom stereocenters. The van der Waals surface area contributed by atoms with Gasteiger partial charge in [-0.3, -0.25) is 10.1 Å². The van der Waals surface area contributed by atoms with Crippen LogP contribution in [0.15, 0.2) is 24.3 Å². The molecule has 0 radical (unpaired) electrons. The first-order valence-electron chi connectivity index (χ1n) is 4.32. The molecular weight excluding hydrogens is 182 g/mol. The molecule has 74 valence electrons. The topological polar surface area (TPSA) is 60.2 Å². The van der Waals surface area contributed by atoms with E-state index in [9.17, 15) is 14.9 Å². The molecule has 1 rings (SSSR count). The van der Waals surface area contributed by atoms with E-state index in [-0.39, 0.29) is 11.6 Å². The van der Waals surface area contributed by atoms with Crippen LogP contribution in [0.4, 0.5) is 5.69 Å². The molecule has 14 heavy (non-hydrogen) atoms. The van der Waals surface area contributed by atoms with Gasteiger partial charge in [0.1, 0.15) is 6.29 Å². The fourth-order valence-corrected chi connectivity index (χ4v) is 1.26. The average molecular weight is 193 g/mol. The Hall–Kier alpha value is -1.71. The zero-order valence-corrected chi connectivity index (χ0v) is 7.84. The van der Waals surface area contributed by atoms with Gasteiger partial charge in [-0.05, 0) is 6.42 Å². The largest absolute Gasteiger partial charge is 0.303 e. The molecule has 4 nitrogen and oxygen atoms in total. The van der Waals surface area contributed by atoms with Gasteiger partial charge in [-0.15, -0.1) is 0 Å². The van der Waals surface area contributed by atoms with E-state index in [2.05, 4.69) is 0 Å². The lowest BCUT2D eigenvalue weighted by atomic mass is 10.0. The highest BCUT2D eigenvalue weighted by Gasteiger charge is 2.14. The first kappa shape index (κ1) is 10.4. The molecule has 0 heterocycles. The van der Waals surface area contributed by atoms with E-state index in [1.807, 2.05) is 0 Å². The fraction of sp³-hybridized carbons (Fsp3) is 0.300. The van der Waals surface area contributed by atoms with Crippen molar-refractivity contribution in [3.8, 4) is 0 Å². The van der Waals surface area contributed by atoms with Crippen LogP contribution >= 0.6 is 0 Å². The molecule has 0 aliphatic rings. The highest BCUT2D eigenvalue weighted by molar-refractivity contribution is 5.54. The maximum absolute atomic E-state index is 10.6. The predicted molar refractivity (Wildman–Crippen MR) is 52.0 cm³/mol. The van der Waals surface area contributed by atoms with Gasteiger partial charge >= 0.3 is 0 Å². The Morgan fingerprint density at radius 2 is 2.14 bits per heavy atom. The molecule has 0 amide bonds. The third-order valence-corrected chi connectivity index (χ3v) is 1.96.